The Morgan fingerprint density at radius 2 is 1.95 bits per heavy atom. The molecule has 19 heavy (non-hydrogen) atoms. The molecule has 0 saturated carbocycles. The number of nitrogen functional groups attached to an aromatic ring is 1. The molecule has 0 spiro atoms. The molecule has 1 unspecified atom stereocenters. The molecule has 0 saturated heterocycles. The summed E-state index contributed by atoms with van der Waals surface area (Å²) in [5.74, 6) is 0. The van der Waals surface area contributed by atoms with Crippen molar-refractivity contribution in [3.05, 3.63) is 59.2 Å². The molecule has 100 valence electrons. The van der Waals surface area contributed by atoms with Crippen molar-refractivity contribution < 1.29 is 5.11 Å². The van der Waals surface area contributed by atoms with E-state index in [9.17, 15) is 5.11 Å². The van der Waals surface area contributed by atoms with Crippen LogP contribution in [0.1, 0.15) is 22.8 Å². The lowest BCUT2D eigenvalue weighted by Crippen LogP contribution is -2.12. The molecule has 0 radical (unpaired) electrons. The zero-order valence-electron chi connectivity index (χ0n) is 11.4. The van der Waals surface area contributed by atoms with E-state index >= 15 is 0 Å². The number of hydrogen-bond acceptors (Lipinski definition) is 3. The fourth-order valence-corrected chi connectivity index (χ4v) is 1.95. The van der Waals surface area contributed by atoms with Crippen LogP contribution < -0.4 is 11.1 Å². The van der Waals surface area contributed by atoms with E-state index in [1.54, 1.807) is 0 Å². The first kappa shape index (κ1) is 13.4. The highest BCUT2D eigenvalue weighted by atomic mass is 16.3. The monoisotopic (exact) mass is 256 g/mol. The summed E-state index contributed by atoms with van der Waals surface area (Å²) in [6.45, 7) is 4.46. The highest BCUT2D eigenvalue weighted by Gasteiger charge is 2.08. The fourth-order valence-electron chi connectivity index (χ4n) is 1.95. The van der Waals surface area contributed by atoms with Gasteiger partial charge in [-0.2, -0.15) is 0 Å². The van der Waals surface area contributed by atoms with Gasteiger partial charge in [-0.1, -0.05) is 24.3 Å². The lowest BCUT2D eigenvalue weighted by molar-refractivity contribution is 0.191. The number of benzene rings is 2. The summed E-state index contributed by atoms with van der Waals surface area (Å²) in [4.78, 5) is 0. The molecule has 3 heteroatoms. The first-order chi connectivity index (χ1) is 9.06. The van der Waals surface area contributed by atoms with Gasteiger partial charge in [-0.05, 0) is 48.7 Å². The summed E-state index contributed by atoms with van der Waals surface area (Å²) in [5.41, 5.74) is 10.6. The van der Waals surface area contributed by atoms with Crippen molar-refractivity contribution >= 4 is 11.4 Å². The van der Waals surface area contributed by atoms with Gasteiger partial charge in [0.15, 0.2) is 0 Å². The summed E-state index contributed by atoms with van der Waals surface area (Å²) < 4.78 is 0. The third-order valence-electron chi connectivity index (χ3n) is 3.21. The smallest absolute Gasteiger partial charge is 0.0963 e. The van der Waals surface area contributed by atoms with E-state index in [1.165, 1.54) is 5.56 Å². The number of nitrogens with two attached hydrogens (primary N) is 1. The molecule has 3 nitrogen and oxygen atoms in total. The summed E-state index contributed by atoms with van der Waals surface area (Å²) in [7, 11) is 0. The summed E-state index contributed by atoms with van der Waals surface area (Å²) >= 11 is 0. The van der Waals surface area contributed by atoms with Crippen LogP contribution in [-0.2, 0) is 0 Å². The number of rotatable bonds is 4. The van der Waals surface area contributed by atoms with Gasteiger partial charge in [-0.25, -0.2) is 0 Å². The van der Waals surface area contributed by atoms with Crippen molar-refractivity contribution in [2.24, 2.45) is 0 Å². The molecule has 0 aliphatic carbocycles. The van der Waals surface area contributed by atoms with Crippen molar-refractivity contribution in [1.82, 2.24) is 0 Å². The molecule has 4 N–H and O–H groups in total. The van der Waals surface area contributed by atoms with Gasteiger partial charge in [0.1, 0.15) is 0 Å². The first-order valence-corrected chi connectivity index (χ1v) is 6.41. The van der Waals surface area contributed by atoms with E-state index in [1.807, 2.05) is 50.2 Å². The zero-order chi connectivity index (χ0) is 13.8. The maximum atomic E-state index is 10.1. The molecule has 0 bridgehead atoms. The molecule has 1 atom stereocenters. The zero-order valence-corrected chi connectivity index (χ0v) is 11.4. The standard InChI is InChI=1S/C16H20N2O/c1-11-4-3-5-14(8-11)18-10-16(19)13-7-6-12(2)15(17)9-13/h3-9,16,18-19H,10,17H2,1-2H3. The summed E-state index contributed by atoms with van der Waals surface area (Å²) in [6, 6.07) is 13.8. The molecule has 0 aliphatic rings. The second-order valence-electron chi connectivity index (χ2n) is 4.88. The Hall–Kier alpha value is -2.00. The van der Waals surface area contributed by atoms with E-state index in [0.29, 0.717) is 12.2 Å². The Bertz CT molecular complexity index is 566. The van der Waals surface area contributed by atoms with Gasteiger partial charge in [0.25, 0.3) is 0 Å². The van der Waals surface area contributed by atoms with Crippen LogP contribution in [0.25, 0.3) is 0 Å². The lowest BCUT2D eigenvalue weighted by atomic mass is 10.1. The van der Waals surface area contributed by atoms with Gasteiger partial charge in [0, 0.05) is 17.9 Å². The van der Waals surface area contributed by atoms with E-state index in [0.717, 1.165) is 16.8 Å². The van der Waals surface area contributed by atoms with Gasteiger partial charge < -0.3 is 16.2 Å². The molecule has 2 aromatic carbocycles. The molecular weight excluding hydrogens is 236 g/mol. The Morgan fingerprint density at radius 1 is 1.16 bits per heavy atom. The van der Waals surface area contributed by atoms with Gasteiger partial charge in [0.2, 0.25) is 0 Å². The van der Waals surface area contributed by atoms with Gasteiger partial charge in [-0.3, -0.25) is 0 Å². The third-order valence-corrected chi connectivity index (χ3v) is 3.21. The molecule has 2 aromatic rings. The van der Waals surface area contributed by atoms with Crippen molar-refractivity contribution in [3.63, 3.8) is 0 Å². The summed E-state index contributed by atoms with van der Waals surface area (Å²) in [5, 5.41) is 13.4. The predicted molar refractivity (Wildman–Crippen MR) is 80.2 cm³/mol. The van der Waals surface area contributed by atoms with E-state index in [-0.39, 0.29) is 0 Å². The van der Waals surface area contributed by atoms with E-state index < -0.39 is 6.10 Å². The maximum Gasteiger partial charge on any atom is 0.0963 e. The average Bonchev–Trinajstić information content (AvgIpc) is 2.39. The lowest BCUT2D eigenvalue weighted by Gasteiger charge is -2.14. The van der Waals surface area contributed by atoms with Crippen LogP contribution in [0, 0.1) is 13.8 Å². The average molecular weight is 256 g/mol. The van der Waals surface area contributed by atoms with Crippen LogP contribution >= 0.6 is 0 Å². The normalized spacial score (nSPS) is 12.2. The summed E-state index contributed by atoms with van der Waals surface area (Å²) in [6.07, 6.45) is -0.566. The number of aliphatic hydroxyl groups excluding tert-OH is 1. The number of anilines is 2. The molecule has 0 fully saturated rings. The van der Waals surface area contributed by atoms with Crippen LogP contribution in [0.15, 0.2) is 42.5 Å². The second-order valence-corrected chi connectivity index (χ2v) is 4.88. The molecule has 0 aromatic heterocycles. The van der Waals surface area contributed by atoms with E-state index in [2.05, 4.69) is 11.4 Å². The molecule has 0 heterocycles. The third kappa shape index (κ3) is 3.48. The van der Waals surface area contributed by atoms with Crippen molar-refractivity contribution in [3.8, 4) is 0 Å². The Labute approximate surface area is 114 Å². The van der Waals surface area contributed by atoms with Crippen molar-refractivity contribution in [1.29, 1.82) is 0 Å². The van der Waals surface area contributed by atoms with Crippen molar-refractivity contribution in [2.75, 3.05) is 17.6 Å². The number of aliphatic hydroxyl groups is 1. The van der Waals surface area contributed by atoms with Crippen LogP contribution in [-0.4, -0.2) is 11.7 Å². The van der Waals surface area contributed by atoms with Crippen LogP contribution in [0.5, 0.6) is 0 Å². The first-order valence-electron chi connectivity index (χ1n) is 6.41. The Morgan fingerprint density at radius 3 is 2.63 bits per heavy atom. The molecule has 0 aliphatic heterocycles. The second kappa shape index (κ2) is 5.76. The Kier molecular flexibility index (Phi) is 4.07. The highest BCUT2D eigenvalue weighted by Crippen LogP contribution is 2.20. The fraction of sp³-hybridized carbons (Fsp3) is 0.250. The number of aryl methyl sites for hydroxylation is 2. The minimum absolute atomic E-state index is 0.464. The van der Waals surface area contributed by atoms with Crippen molar-refractivity contribution in [2.45, 2.75) is 20.0 Å². The quantitative estimate of drug-likeness (QED) is 0.737. The minimum atomic E-state index is -0.566. The molecule has 0 amide bonds. The van der Waals surface area contributed by atoms with Gasteiger partial charge >= 0.3 is 0 Å². The van der Waals surface area contributed by atoms with Gasteiger partial charge in [-0.15, -0.1) is 0 Å². The Balaban J connectivity index is 2.01. The number of hydrogen-bond donors (Lipinski definition) is 3. The largest absolute Gasteiger partial charge is 0.399 e. The molecule has 2 rings (SSSR count). The predicted octanol–water partition coefficient (Wildman–Crippen LogP) is 3.03. The van der Waals surface area contributed by atoms with E-state index in [4.69, 9.17) is 5.73 Å². The topological polar surface area (TPSA) is 58.3 Å². The van der Waals surface area contributed by atoms with Crippen LogP contribution in [0.4, 0.5) is 11.4 Å². The highest BCUT2D eigenvalue weighted by molar-refractivity contribution is 5.49. The van der Waals surface area contributed by atoms with Crippen LogP contribution in [0.3, 0.4) is 0 Å². The molecular formula is C16H20N2O. The maximum absolute atomic E-state index is 10.1. The van der Waals surface area contributed by atoms with Crippen LogP contribution in [0.2, 0.25) is 0 Å². The minimum Gasteiger partial charge on any atom is -0.399 e. The van der Waals surface area contributed by atoms with Gasteiger partial charge in [0.05, 0.1) is 6.10 Å². The SMILES string of the molecule is Cc1cccc(NCC(O)c2ccc(C)c(N)c2)c1. The number of nitrogens with one attached hydrogen (secondary N) is 1.